The number of rotatable bonds is 5. The summed E-state index contributed by atoms with van der Waals surface area (Å²) >= 11 is 0. The number of carbonyl (C=O) groups is 1. The quantitative estimate of drug-likeness (QED) is 0.894. The van der Waals surface area contributed by atoms with E-state index in [0.29, 0.717) is 5.92 Å². The van der Waals surface area contributed by atoms with Crippen LogP contribution in [0.3, 0.4) is 0 Å². The van der Waals surface area contributed by atoms with Crippen LogP contribution in [0.2, 0.25) is 0 Å². The molecule has 1 aromatic rings. The largest absolute Gasteiger partial charge is 0.483 e. The first-order valence-electron chi connectivity index (χ1n) is 7.23. The van der Waals surface area contributed by atoms with Gasteiger partial charge in [0.15, 0.2) is 6.61 Å². The molecule has 1 rings (SSSR count). The molecular weight excluding hydrogens is 250 g/mol. The van der Waals surface area contributed by atoms with E-state index in [2.05, 4.69) is 39.9 Å². The van der Waals surface area contributed by atoms with Gasteiger partial charge in [0.1, 0.15) is 5.75 Å². The molecule has 0 aliphatic heterocycles. The van der Waals surface area contributed by atoms with Gasteiger partial charge in [-0.3, -0.25) is 4.79 Å². The number of para-hydroxylation sites is 1. The first-order valence-corrected chi connectivity index (χ1v) is 7.23. The molecule has 0 heterocycles. The van der Waals surface area contributed by atoms with E-state index in [1.165, 1.54) is 0 Å². The van der Waals surface area contributed by atoms with Gasteiger partial charge < -0.3 is 10.1 Å². The summed E-state index contributed by atoms with van der Waals surface area (Å²) in [6.07, 6.45) is 0. The van der Waals surface area contributed by atoms with Gasteiger partial charge in [-0.25, -0.2) is 0 Å². The van der Waals surface area contributed by atoms with E-state index in [1.54, 1.807) is 0 Å². The Bertz CT molecular complexity index is 447. The van der Waals surface area contributed by atoms with E-state index in [0.717, 1.165) is 11.3 Å². The number of hydrogen-bond donors (Lipinski definition) is 1. The molecule has 0 radical (unpaired) electrons. The summed E-state index contributed by atoms with van der Waals surface area (Å²) in [6.45, 7) is 12.6. The fourth-order valence-electron chi connectivity index (χ4n) is 1.82. The van der Waals surface area contributed by atoms with Crippen LogP contribution >= 0.6 is 0 Å². The first-order chi connectivity index (χ1) is 9.21. The van der Waals surface area contributed by atoms with Crippen LogP contribution in [0.5, 0.6) is 5.75 Å². The molecule has 0 aliphatic carbocycles. The Balaban J connectivity index is 2.65. The van der Waals surface area contributed by atoms with Gasteiger partial charge in [0.2, 0.25) is 0 Å². The molecule has 3 nitrogen and oxygen atoms in total. The van der Waals surface area contributed by atoms with Gasteiger partial charge in [-0.2, -0.15) is 0 Å². The van der Waals surface area contributed by atoms with Crippen molar-refractivity contribution in [1.29, 1.82) is 0 Å². The standard InChI is InChI=1S/C17H27NO2/c1-12(2)13(3)18-16(19)11-20-15-10-8-7-9-14(15)17(4,5)6/h7-10,12-13H,11H2,1-6H3,(H,18,19)/t13-/m0/s1. The molecule has 1 amide bonds. The summed E-state index contributed by atoms with van der Waals surface area (Å²) in [7, 11) is 0. The van der Waals surface area contributed by atoms with E-state index in [9.17, 15) is 4.79 Å². The zero-order valence-corrected chi connectivity index (χ0v) is 13.5. The summed E-state index contributed by atoms with van der Waals surface area (Å²) in [5.74, 6) is 1.13. The summed E-state index contributed by atoms with van der Waals surface area (Å²) in [5, 5.41) is 2.94. The van der Waals surface area contributed by atoms with Gasteiger partial charge in [0.25, 0.3) is 5.91 Å². The highest BCUT2D eigenvalue weighted by molar-refractivity contribution is 5.77. The Hall–Kier alpha value is -1.51. The summed E-state index contributed by atoms with van der Waals surface area (Å²) in [5.41, 5.74) is 1.11. The fraction of sp³-hybridized carbons (Fsp3) is 0.588. The van der Waals surface area contributed by atoms with Crippen molar-refractivity contribution in [1.82, 2.24) is 5.32 Å². The zero-order chi connectivity index (χ0) is 15.3. The Morgan fingerprint density at radius 2 is 1.80 bits per heavy atom. The monoisotopic (exact) mass is 277 g/mol. The highest BCUT2D eigenvalue weighted by Crippen LogP contribution is 2.30. The molecule has 0 saturated carbocycles. The SMILES string of the molecule is CC(C)[C@H](C)NC(=O)COc1ccccc1C(C)(C)C. The van der Waals surface area contributed by atoms with Gasteiger partial charge in [0.05, 0.1) is 0 Å². The van der Waals surface area contributed by atoms with Gasteiger partial charge >= 0.3 is 0 Å². The second-order valence-corrected chi connectivity index (χ2v) is 6.64. The average molecular weight is 277 g/mol. The first kappa shape index (κ1) is 16.5. The van der Waals surface area contributed by atoms with Gasteiger partial charge in [-0.15, -0.1) is 0 Å². The van der Waals surface area contributed by atoms with E-state index < -0.39 is 0 Å². The Labute approximate surface area is 122 Å². The van der Waals surface area contributed by atoms with E-state index >= 15 is 0 Å². The Morgan fingerprint density at radius 3 is 2.35 bits per heavy atom. The molecule has 3 heteroatoms. The van der Waals surface area contributed by atoms with Gasteiger partial charge in [-0.1, -0.05) is 52.8 Å². The third-order valence-electron chi connectivity index (χ3n) is 3.44. The number of carbonyl (C=O) groups excluding carboxylic acids is 1. The molecule has 0 aliphatic rings. The van der Waals surface area contributed by atoms with E-state index in [4.69, 9.17) is 4.74 Å². The highest BCUT2D eigenvalue weighted by Gasteiger charge is 2.19. The lowest BCUT2D eigenvalue weighted by atomic mass is 9.86. The minimum atomic E-state index is -0.0742. The number of ether oxygens (including phenoxy) is 1. The van der Waals surface area contributed by atoms with Crippen LogP contribution in [0.1, 0.15) is 47.1 Å². The lowest BCUT2D eigenvalue weighted by Gasteiger charge is -2.23. The van der Waals surface area contributed by atoms with Crippen molar-refractivity contribution in [3.8, 4) is 5.75 Å². The maximum absolute atomic E-state index is 11.9. The maximum atomic E-state index is 11.9. The van der Waals surface area contributed by atoms with Crippen LogP contribution in [0.15, 0.2) is 24.3 Å². The van der Waals surface area contributed by atoms with Crippen LogP contribution in [-0.2, 0) is 10.2 Å². The van der Waals surface area contributed by atoms with E-state index in [-0.39, 0.29) is 24.0 Å². The molecule has 0 unspecified atom stereocenters. The second-order valence-electron chi connectivity index (χ2n) is 6.64. The molecule has 0 fully saturated rings. The molecular formula is C17H27NO2. The fourth-order valence-corrected chi connectivity index (χ4v) is 1.82. The van der Waals surface area contributed by atoms with Crippen molar-refractivity contribution < 1.29 is 9.53 Å². The molecule has 112 valence electrons. The van der Waals surface area contributed by atoms with Crippen LogP contribution in [0, 0.1) is 5.92 Å². The van der Waals surface area contributed by atoms with Gasteiger partial charge in [-0.05, 0) is 29.9 Å². The number of hydrogen-bond acceptors (Lipinski definition) is 2. The predicted molar refractivity (Wildman–Crippen MR) is 83.1 cm³/mol. The molecule has 0 aromatic heterocycles. The lowest BCUT2D eigenvalue weighted by molar-refractivity contribution is -0.124. The molecule has 1 aromatic carbocycles. The van der Waals surface area contributed by atoms with Crippen LogP contribution in [-0.4, -0.2) is 18.6 Å². The lowest BCUT2D eigenvalue weighted by Crippen LogP contribution is -2.39. The van der Waals surface area contributed by atoms with Crippen molar-refractivity contribution in [2.75, 3.05) is 6.61 Å². The molecule has 0 bridgehead atoms. The molecule has 1 atom stereocenters. The third-order valence-corrected chi connectivity index (χ3v) is 3.44. The predicted octanol–water partition coefficient (Wildman–Crippen LogP) is 3.52. The van der Waals surface area contributed by atoms with Crippen LogP contribution in [0.4, 0.5) is 0 Å². The van der Waals surface area contributed by atoms with E-state index in [1.807, 2.05) is 31.2 Å². The van der Waals surface area contributed by atoms with Crippen molar-refractivity contribution >= 4 is 5.91 Å². The van der Waals surface area contributed by atoms with Crippen molar-refractivity contribution in [3.63, 3.8) is 0 Å². The Morgan fingerprint density at radius 1 is 1.20 bits per heavy atom. The summed E-state index contributed by atoms with van der Waals surface area (Å²) in [6, 6.07) is 8.04. The molecule has 0 saturated heterocycles. The average Bonchev–Trinajstić information content (AvgIpc) is 2.35. The zero-order valence-electron chi connectivity index (χ0n) is 13.5. The number of benzene rings is 1. The van der Waals surface area contributed by atoms with Gasteiger partial charge in [0, 0.05) is 6.04 Å². The van der Waals surface area contributed by atoms with Crippen LogP contribution in [0.25, 0.3) is 0 Å². The summed E-state index contributed by atoms with van der Waals surface area (Å²) in [4.78, 5) is 11.9. The van der Waals surface area contributed by atoms with Crippen LogP contribution < -0.4 is 10.1 Å². The maximum Gasteiger partial charge on any atom is 0.258 e. The third kappa shape index (κ3) is 4.87. The normalized spacial score (nSPS) is 13.2. The molecule has 20 heavy (non-hydrogen) atoms. The number of amides is 1. The molecule has 0 spiro atoms. The number of nitrogens with one attached hydrogen (secondary N) is 1. The minimum Gasteiger partial charge on any atom is -0.483 e. The highest BCUT2D eigenvalue weighted by atomic mass is 16.5. The summed E-state index contributed by atoms with van der Waals surface area (Å²) < 4.78 is 5.69. The topological polar surface area (TPSA) is 38.3 Å². The minimum absolute atomic E-state index is 0.00169. The smallest absolute Gasteiger partial charge is 0.258 e. The molecule has 1 N–H and O–H groups in total. The van der Waals surface area contributed by atoms with Crippen molar-refractivity contribution in [3.05, 3.63) is 29.8 Å². The van der Waals surface area contributed by atoms with Crippen molar-refractivity contribution in [2.24, 2.45) is 5.92 Å². The second kappa shape index (κ2) is 6.78. The Kier molecular flexibility index (Phi) is 5.61. The van der Waals surface area contributed by atoms with Crippen molar-refractivity contribution in [2.45, 2.75) is 53.0 Å².